The lowest BCUT2D eigenvalue weighted by Crippen LogP contribution is -2.22. The van der Waals surface area contributed by atoms with Crippen molar-refractivity contribution in [2.24, 2.45) is 5.92 Å². The van der Waals surface area contributed by atoms with Crippen molar-refractivity contribution < 1.29 is 4.79 Å². The molecule has 1 atom stereocenters. The Balaban J connectivity index is 1.87. The summed E-state index contributed by atoms with van der Waals surface area (Å²) in [6.45, 7) is 5.25. The number of rotatable bonds is 6. The van der Waals surface area contributed by atoms with Gasteiger partial charge in [0.15, 0.2) is 5.13 Å². The summed E-state index contributed by atoms with van der Waals surface area (Å²) < 4.78 is 0. The lowest BCUT2D eigenvalue weighted by atomic mass is 10.00. The third-order valence-electron chi connectivity index (χ3n) is 4.12. The molecule has 1 amide bonds. The fourth-order valence-electron chi connectivity index (χ4n) is 2.76. The number of carbonyl (C=O) groups is 1. The second-order valence-electron chi connectivity index (χ2n) is 5.93. The molecule has 0 spiro atoms. The van der Waals surface area contributed by atoms with Crippen molar-refractivity contribution >= 4 is 22.4 Å². The summed E-state index contributed by atoms with van der Waals surface area (Å²) >= 11 is 1.53. The Bertz CT molecular complexity index is 438. The second-order valence-corrected chi connectivity index (χ2v) is 6.79. The smallest absolute Gasteiger partial charge is 0.229 e. The van der Waals surface area contributed by atoms with Crippen LogP contribution in [0, 0.1) is 5.92 Å². The molecule has 1 saturated carbocycles. The van der Waals surface area contributed by atoms with E-state index in [1.807, 2.05) is 5.38 Å². The van der Waals surface area contributed by atoms with Crippen LogP contribution in [0.4, 0.5) is 5.13 Å². The van der Waals surface area contributed by atoms with Gasteiger partial charge in [-0.2, -0.15) is 0 Å². The highest BCUT2D eigenvalue weighted by molar-refractivity contribution is 7.13. The van der Waals surface area contributed by atoms with Crippen LogP contribution in [-0.4, -0.2) is 17.4 Å². The van der Waals surface area contributed by atoms with E-state index >= 15 is 0 Å². The molecule has 21 heavy (non-hydrogen) atoms. The van der Waals surface area contributed by atoms with E-state index in [-0.39, 0.29) is 17.9 Å². The predicted octanol–water partition coefficient (Wildman–Crippen LogP) is 4.11. The summed E-state index contributed by atoms with van der Waals surface area (Å²) in [6, 6.07) is 0.240. The lowest BCUT2D eigenvalue weighted by Gasteiger charge is -2.12. The molecule has 1 aromatic rings. The number of amides is 1. The first-order valence-electron chi connectivity index (χ1n) is 8.20. The van der Waals surface area contributed by atoms with Crippen LogP contribution >= 0.6 is 11.3 Å². The molecule has 0 aliphatic heterocycles. The Hall–Kier alpha value is -0.940. The minimum Gasteiger partial charge on any atom is -0.309 e. The van der Waals surface area contributed by atoms with Crippen LogP contribution in [0.1, 0.15) is 70.5 Å². The zero-order chi connectivity index (χ0) is 15.1. The average molecular weight is 309 g/mol. The molecule has 4 nitrogen and oxygen atoms in total. The van der Waals surface area contributed by atoms with Gasteiger partial charge in [-0.05, 0) is 32.7 Å². The van der Waals surface area contributed by atoms with Gasteiger partial charge in [0.05, 0.1) is 5.69 Å². The van der Waals surface area contributed by atoms with Crippen LogP contribution in [0.3, 0.4) is 0 Å². The van der Waals surface area contributed by atoms with Gasteiger partial charge in [0.25, 0.3) is 0 Å². The van der Waals surface area contributed by atoms with E-state index in [0.717, 1.165) is 36.6 Å². The fourth-order valence-corrected chi connectivity index (χ4v) is 3.56. The Morgan fingerprint density at radius 1 is 1.38 bits per heavy atom. The number of thiazole rings is 1. The van der Waals surface area contributed by atoms with Gasteiger partial charge in [0.1, 0.15) is 0 Å². The molecule has 1 aromatic heterocycles. The van der Waals surface area contributed by atoms with Crippen molar-refractivity contribution in [1.82, 2.24) is 10.3 Å². The van der Waals surface area contributed by atoms with Gasteiger partial charge in [-0.3, -0.25) is 4.79 Å². The molecule has 0 aromatic carbocycles. The summed E-state index contributed by atoms with van der Waals surface area (Å²) in [5.74, 6) is 0.336. The van der Waals surface area contributed by atoms with Gasteiger partial charge in [-0.15, -0.1) is 11.3 Å². The molecule has 1 aliphatic carbocycles. The fraction of sp³-hybridized carbons (Fsp3) is 0.750. The molecule has 5 heteroatoms. The van der Waals surface area contributed by atoms with Crippen LogP contribution in [0.5, 0.6) is 0 Å². The predicted molar refractivity (Wildman–Crippen MR) is 88.6 cm³/mol. The molecule has 1 unspecified atom stereocenters. The lowest BCUT2D eigenvalue weighted by molar-refractivity contribution is -0.120. The summed E-state index contributed by atoms with van der Waals surface area (Å²) in [6.07, 6.45) is 8.06. The van der Waals surface area contributed by atoms with Crippen LogP contribution in [0.2, 0.25) is 0 Å². The monoisotopic (exact) mass is 309 g/mol. The summed E-state index contributed by atoms with van der Waals surface area (Å²) in [5, 5.41) is 9.21. The first-order chi connectivity index (χ1) is 10.2. The van der Waals surface area contributed by atoms with Crippen molar-refractivity contribution in [2.45, 2.75) is 64.8 Å². The van der Waals surface area contributed by atoms with Gasteiger partial charge in [0, 0.05) is 17.3 Å². The number of carbonyl (C=O) groups excluding carboxylic acids is 1. The maximum absolute atomic E-state index is 12.3. The topological polar surface area (TPSA) is 54.0 Å². The molecule has 1 aliphatic rings. The molecule has 0 radical (unpaired) electrons. The Kier molecular flexibility index (Phi) is 6.64. The number of nitrogens with zero attached hydrogens (tertiary/aromatic N) is 1. The quantitative estimate of drug-likeness (QED) is 0.777. The number of hydrogen-bond acceptors (Lipinski definition) is 4. The van der Waals surface area contributed by atoms with E-state index in [4.69, 9.17) is 0 Å². The van der Waals surface area contributed by atoms with E-state index in [1.165, 1.54) is 37.0 Å². The van der Waals surface area contributed by atoms with E-state index in [2.05, 4.69) is 29.5 Å². The summed E-state index contributed by atoms with van der Waals surface area (Å²) in [7, 11) is 0. The van der Waals surface area contributed by atoms with Crippen molar-refractivity contribution in [1.29, 1.82) is 0 Å². The number of nitrogens with one attached hydrogen (secondary N) is 2. The van der Waals surface area contributed by atoms with E-state index in [1.54, 1.807) is 0 Å². The zero-order valence-corrected chi connectivity index (χ0v) is 14.0. The number of hydrogen-bond donors (Lipinski definition) is 2. The molecular weight excluding hydrogens is 282 g/mol. The van der Waals surface area contributed by atoms with E-state index in [0.29, 0.717) is 0 Å². The number of aromatic nitrogens is 1. The molecule has 1 heterocycles. The Labute approximate surface area is 131 Å². The Morgan fingerprint density at radius 3 is 2.76 bits per heavy atom. The minimum atomic E-state index is 0.159. The maximum Gasteiger partial charge on any atom is 0.229 e. The van der Waals surface area contributed by atoms with Crippen molar-refractivity contribution in [3.8, 4) is 0 Å². The van der Waals surface area contributed by atoms with Crippen LogP contribution in [0.25, 0.3) is 0 Å². The normalized spacial score (nSPS) is 18.2. The first kappa shape index (κ1) is 16.4. The minimum absolute atomic E-state index is 0.159. The second kappa shape index (κ2) is 8.49. The molecule has 1 fully saturated rings. The summed E-state index contributed by atoms with van der Waals surface area (Å²) in [4.78, 5) is 16.9. The molecule has 0 bridgehead atoms. The average Bonchev–Trinajstić information content (AvgIpc) is 2.77. The van der Waals surface area contributed by atoms with E-state index < -0.39 is 0 Å². The van der Waals surface area contributed by atoms with Gasteiger partial charge >= 0.3 is 0 Å². The van der Waals surface area contributed by atoms with E-state index in [9.17, 15) is 4.79 Å². The van der Waals surface area contributed by atoms with Crippen LogP contribution in [0.15, 0.2) is 5.38 Å². The highest BCUT2D eigenvalue weighted by Crippen LogP contribution is 2.26. The third kappa shape index (κ3) is 5.08. The highest BCUT2D eigenvalue weighted by atomic mass is 32.1. The van der Waals surface area contributed by atoms with Crippen molar-refractivity contribution in [2.75, 3.05) is 11.9 Å². The SMILES string of the molecule is CCCNC(C)c1csc(NC(=O)C2CCCCCC2)n1. The molecular formula is C16H27N3OS. The maximum atomic E-state index is 12.3. The number of anilines is 1. The largest absolute Gasteiger partial charge is 0.309 e. The van der Waals surface area contributed by atoms with Gasteiger partial charge in [-0.25, -0.2) is 4.98 Å². The molecule has 2 rings (SSSR count). The first-order valence-corrected chi connectivity index (χ1v) is 9.08. The molecule has 0 saturated heterocycles. The molecule has 2 N–H and O–H groups in total. The third-order valence-corrected chi connectivity index (χ3v) is 4.90. The highest BCUT2D eigenvalue weighted by Gasteiger charge is 2.21. The van der Waals surface area contributed by atoms with Crippen LogP contribution < -0.4 is 10.6 Å². The van der Waals surface area contributed by atoms with Gasteiger partial charge in [-0.1, -0.05) is 32.6 Å². The molecule has 118 valence electrons. The summed E-state index contributed by atoms with van der Waals surface area (Å²) in [5.41, 5.74) is 1.02. The standard InChI is InChI=1S/C16H27N3OS/c1-3-10-17-12(2)14-11-21-16(18-14)19-15(20)13-8-6-4-5-7-9-13/h11-13,17H,3-10H2,1-2H3,(H,18,19,20). The van der Waals surface area contributed by atoms with Crippen molar-refractivity contribution in [3.63, 3.8) is 0 Å². The van der Waals surface area contributed by atoms with Crippen LogP contribution in [-0.2, 0) is 4.79 Å². The Morgan fingerprint density at radius 2 is 2.10 bits per heavy atom. The van der Waals surface area contributed by atoms with Gasteiger partial charge in [0.2, 0.25) is 5.91 Å². The zero-order valence-electron chi connectivity index (χ0n) is 13.2. The van der Waals surface area contributed by atoms with Crippen molar-refractivity contribution in [3.05, 3.63) is 11.1 Å². The van der Waals surface area contributed by atoms with Gasteiger partial charge < -0.3 is 10.6 Å².